The third-order valence-electron chi connectivity index (χ3n) is 4.31. The minimum absolute atomic E-state index is 0.243. The number of hydrogen-bond donors (Lipinski definition) is 0. The quantitative estimate of drug-likeness (QED) is 0.343. The maximum Gasteiger partial charge on any atom is 0.260 e. The van der Waals surface area contributed by atoms with Crippen LogP contribution in [0.5, 0.6) is 5.75 Å². The first kappa shape index (κ1) is 20.6. The zero-order valence-electron chi connectivity index (χ0n) is 16.0. The Kier molecular flexibility index (Phi) is 6.18. The molecule has 0 aliphatic carbocycles. The van der Waals surface area contributed by atoms with E-state index in [-0.39, 0.29) is 5.91 Å². The second-order valence-corrected chi connectivity index (χ2v) is 8.35. The van der Waals surface area contributed by atoms with Gasteiger partial charge in [-0.15, -0.1) is 0 Å². The molecule has 0 aliphatic rings. The molecule has 8 heteroatoms. The van der Waals surface area contributed by atoms with Gasteiger partial charge < -0.3 is 4.74 Å². The highest BCUT2D eigenvalue weighted by molar-refractivity contribution is 7.22. The Labute approximate surface area is 187 Å². The first-order valence-corrected chi connectivity index (χ1v) is 10.8. The molecule has 4 aromatic rings. The van der Waals surface area contributed by atoms with Gasteiger partial charge in [0.15, 0.2) is 5.13 Å². The number of aromatic nitrogens is 2. The predicted octanol–water partition coefficient (Wildman–Crippen LogP) is 6.24. The number of carbonyl (C=O) groups excluding carboxylic acids is 1. The molecule has 0 unspecified atom stereocenters. The van der Waals surface area contributed by atoms with E-state index in [0.29, 0.717) is 33.9 Å². The van der Waals surface area contributed by atoms with Crippen molar-refractivity contribution in [2.75, 3.05) is 11.5 Å². The molecule has 0 saturated carbocycles. The number of halogens is 2. The van der Waals surface area contributed by atoms with Crippen molar-refractivity contribution < 1.29 is 9.53 Å². The average molecular weight is 458 g/mol. The Morgan fingerprint density at radius 2 is 1.93 bits per heavy atom. The average Bonchev–Trinajstić information content (AvgIpc) is 3.15. The summed E-state index contributed by atoms with van der Waals surface area (Å²) in [6, 6.07) is 14.3. The van der Waals surface area contributed by atoms with Gasteiger partial charge in [-0.1, -0.05) is 40.6 Å². The van der Waals surface area contributed by atoms with E-state index in [4.69, 9.17) is 27.9 Å². The Morgan fingerprint density at radius 3 is 2.63 bits per heavy atom. The lowest BCUT2D eigenvalue weighted by Crippen LogP contribution is -2.30. The molecule has 0 bridgehead atoms. The number of benzene rings is 2. The van der Waals surface area contributed by atoms with Crippen LogP contribution in [-0.2, 0) is 6.54 Å². The fourth-order valence-corrected chi connectivity index (χ4v) is 4.52. The highest BCUT2D eigenvalue weighted by atomic mass is 35.5. The largest absolute Gasteiger partial charge is 0.494 e. The van der Waals surface area contributed by atoms with Gasteiger partial charge in [-0.05, 0) is 55.0 Å². The summed E-state index contributed by atoms with van der Waals surface area (Å²) in [7, 11) is 0. The summed E-state index contributed by atoms with van der Waals surface area (Å²) in [6.45, 7) is 2.83. The normalized spacial score (nSPS) is 10.9. The van der Waals surface area contributed by atoms with Gasteiger partial charge in [0, 0.05) is 28.0 Å². The van der Waals surface area contributed by atoms with Crippen molar-refractivity contribution in [2.45, 2.75) is 13.5 Å². The molecule has 5 nitrogen and oxygen atoms in total. The van der Waals surface area contributed by atoms with E-state index >= 15 is 0 Å². The number of rotatable bonds is 6. The third-order valence-corrected chi connectivity index (χ3v) is 5.79. The van der Waals surface area contributed by atoms with Crippen LogP contribution >= 0.6 is 34.5 Å². The molecule has 0 atom stereocenters. The fraction of sp³-hybridized carbons (Fsp3) is 0.136. The number of thiazole rings is 1. The number of ether oxygens (including phenoxy) is 1. The molecule has 0 saturated heterocycles. The predicted molar refractivity (Wildman–Crippen MR) is 122 cm³/mol. The molecule has 0 fully saturated rings. The second-order valence-electron chi connectivity index (χ2n) is 6.47. The van der Waals surface area contributed by atoms with Crippen LogP contribution < -0.4 is 9.64 Å². The van der Waals surface area contributed by atoms with Crippen molar-refractivity contribution in [3.8, 4) is 5.75 Å². The van der Waals surface area contributed by atoms with E-state index in [1.165, 1.54) is 11.3 Å². The Balaban J connectivity index is 1.76. The molecule has 152 valence electrons. The van der Waals surface area contributed by atoms with Crippen LogP contribution in [0.15, 0.2) is 60.9 Å². The topological polar surface area (TPSA) is 55.3 Å². The van der Waals surface area contributed by atoms with Crippen molar-refractivity contribution in [3.63, 3.8) is 0 Å². The van der Waals surface area contributed by atoms with Gasteiger partial charge in [0.25, 0.3) is 5.91 Å². The van der Waals surface area contributed by atoms with Crippen molar-refractivity contribution in [3.05, 3.63) is 82.1 Å². The SMILES string of the molecule is CCOc1ccc2nc(N(Cc3cccnc3)C(=O)c3cc(Cl)cc(Cl)c3)sc2c1. The molecule has 2 aromatic carbocycles. The van der Waals surface area contributed by atoms with Gasteiger partial charge in [0.2, 0.25) is 0 Å². The summed E-state index contributed by atoms with van der Waals surface area (Å²) >= 11 is 13.7. The molecule has 2 heterocycles. The molecule has 0 radical (unpaired) electrons. The number of fused-ring (bicyclic) bond motifs is 1. The van der Waals surface area contributed by atoms with Gasteiger partial charge in [-0.3, -0.25) is 14.7 Å². The van der Waals surface area contributed by atoms with Crippen LogP contribution in [0.4, 0.5) is 5.13 Å². The summed E-state index contributed by atoms with van der Waals surface area (Å²) in [4.78, 5) is 23.9. The summed E-state index contributed by atoms with van der Waals surface area (Å²) in [5, 5.41) is 1.37. The maximum absolute atomic E-state index is 13.4. The molecular weight excluding hydrogens is 441 g/mol. The zero-order chi connectivity index (χ0) is 21.1. The molecule has 4 rings (SSSR count). The number of carbonyl (C=O) groups is 1. The summed E-state index contributed by atoms with van der Waals surface area (Å²) < 4.78 is 6.52. The van der Waals surface area contributed by atoms with Gasteiger partial charge in [-0.2, -0.15) is 0 Å². The zero-order valence-corrected chi connectivity index (χ0v) is 18.3. The second kappa shape index (κ2) is 9.00. The molecular formula is C22H17Cl2N3O2S. The molecule has 1 amide bonds. The molecule has 0 N–H and O–H groups in total. The minimum atomic E-state index is -0.243. The Hall–Kier alpha value is -2.67. The van der Waals surface area contributed by atoms with Crippen molar-refractivity contribution >= 4 is 55.8 Å². The number of nitrogens with zero attached hydrogens (tertiary/aromatic N) is 3. The van der Waals surface area contributed by atoms with Crippen LogP contribution in [0.3, 0.4) is 0 Å². The van der Waals surface area contributed by atoms with Crippen molar-refractivity contribution in [1.29, 1.82) is 0 Å². The van der Waals surface area contributed by atoms with Gasteiger partial charge in [-0.25, -0.2) is 4.98 Å². The van der Waals surface area contributed by atoms with E-state index in [1.54, 1.807) is 35.5 Å². The van der Waals surface area contributed by atoms with Gasteiger partial charge in [0.1, 0.15) is 5.75 Å². The first-order valence-electron chi connectivity index (χ1n) is 9.23. The first-order chi connectivity index (χ1) is 14.5. The van der Waals surface area contributed by atoms with E-state index in [9.17, 15) is 4.79 Å². The maximum atomic E-state index is 13.4. The standard InChI is InChI=1S/C22H17Cl2N3O2S/c1-2-29-18-5-6-19-20(11-18)30-22(26-19)27(13-14-4-3-7-25-12-14)21(28)15-8-16(23)10-17(24)9-15/h3-12H,2,13H2,1H3. The summed E-state index contributed by atoms with van der Waals surface area (Å²) in [5.74, 6) is 0.527. The van der Waals surface area contributed by atoms with Crippen LogP contribution in [0.25, 0.3) is 10.2 Å². The lowest BCUT2D eigenvalue weighted by Gasteiger charge is -2.20. The molecule has 30 heavy (non-hydrogen) atoms. The smallest absolute Gasteiger partial charge is 0.260 e. The van der Waals surface area contributed by atoms with Crippen LogP contribution in [-0.4, -0.2) is 22.5 Å². The Morgan fingerprint density at radius 1 is 1.13 bits per heavy atom. The summed E-state index contributed by atoms with van der Waals surface area (Å²) in [6.07, 6.45) is 3.42. The monoisotopic (exact) mass is 457 g/mol. The lowest BCUT2D eigenvalue weighted by molar-refractivity contribution is 0.0985. The van der Waals surface area contributed by atoms with Crippen molar-refractivity contribution in [2.24, 2.45) is 0 Å². The highest BCUT2D eigenvalue weighted by Crippen LogP contribution is 2.33. The number of amides is 1. The minimum Gasteiger partial charge on any atom is -0.494 e. The van der Waals surface area contributed by atoms with Crippen LogP contribution in [0, 0.1) is 0 Å². The summed E-state index contributed by atoms with van der Waals surface area (Å²) in [5.41, 5.74) is 2.07. The number of hydrogen-bond acceptors (Lipinski definition) is 5. The van der Waals surface area contributed by atoms with Crippen LogP contribution in [0.1, 0.15) is 22.8 Å². The molecule has 0 spiro atoms. The van der Waals surface area contributed by atoms with E-state index in [2.05, 4.69) is 9.97 Å². The molecule has 2 aromatic heterocycles. The molecule has 0 aliphatic heterocycles. The number of anilines is 1. The van der Waals surface area contributed by atoms with E-state index < -0.39 is 0 Å². The lowest BCUT2D eigenvalue weighted by atomic mass is 10.2. The number of pyridine rings is 1. The van der Waals surface area contributed by atoms with Crippen LogP contribution in [0.2, 0.25) is 10.0 Å². The van der Waals surface area contributed by atoms with Gasteiger partial charge >= 0.3 is 0 Å². The highest BCUT2D eigenvalue weighted by Gasteiger charge is 2.23. The Bertz CT molecular complexity index is 1180. The van der Waals surface area contributed by atoms with Crippen molar-refractivity contribution in [1.82, 2.24) is 9.97 Å². The van der Waals surface area contributed by atoms with E-state index in [0.717, 1.165) is 21.5 Å². The van der Waals surface area contributed by atoms with E-state index in [1.807, 2.05) is 37.3 Å². The fourth-order valence-electron chi connectivity index (χ4n) is 3.00. The third kappa shape index (κ3) is 4.56. The van der Waals surface area contributed by atoms with Gasteiger partial charge in [0.05, 0.1) is 23.4 Å².